The number of methoxy groups -OCH3 is 4. The number of nitrogens with one attached hydrogen (secondary N) is 1. The van der Waals surface area contributed by atoms with Crippen molar-refractivity contribution in [3.05, 3.63) is 59.2 Å². The van der Waals surface area contributed by atoms with Gasteiger partial charge in [-0.15, -0.1) is 0 Å². The molecule has 1 heterocycles. The van der Waals surface area contributed by atoms with Crippen LogP contribution in [0.25, 0.3) is 0 Å². The second kappa shape index (κ2) is 14.9. The molecule has 1 N–H and O–H groups in total. The largest absolute Gasteiger partial charge is 0.493 e. The summed E-state index contributed by atoms with van der Waals surface area (Å²) in [5, 5.41) is 3.39. The highest BCUT2D eigenvalue weighted by molar-refractivity contribution is 5.96. The fraction of sp³-hybridized carbons (Fsp3) is 0.595. The predicted octanol–water partition coefficient (Wildman–Crippen LogP) is 6.11. The number of hydrogen-bond donors (Lipinski definition) is 1. The molecule has 0 aromatic heterocycles. The van der Waals surface area contributed by atoms with Crippen molar-refractivity contribution < 1.29 is 23.7 Å². The van der Waals surface area contributed by atoms with Crippen molar-refractivity contribution >= 4 is 5.91 Å². The van der Waals surface area contributed by atoms with Gasteiger partial charge >= 0.3 is 0 Å². The lowest BCUT2D eigenvalue weighted by atomic mass is 9.68. The van der Waals surface area contributed by atoms with Gasteiger partial charge in [-0.3, -0.25) is 9.69 Å². The molecule has 8 nitrogen and oxygen atoms in total. The molecule has 8 heteroatoms. The second-order valence-corrected chi connectivity index (χ2v) is 13.7. The minimum atomic E-state index is -0.367. The van der Waals surface area contributed by atoms with Gasteiger partial charge < -0.3 is 29.2 Å². The average molecular weight is 624 g/mol. The zero-order valence-electron chi connectivity index (χ0n) is 29.8. The van der Waals surface area contributed by atoms with Crippen LogP contribution in [-0.4, -0.2) is 89.0 Å². The van der Waals surface area contributed by atoms with Crippen LogP contribution in [0.1, 0.15) is 65.5 Å². The molecular weight excluding hydrogens is 566 g/mol. The van der Waals surface area contributed by atoms with Crippen LogP contribution in [0.2, 0.25) is 0 Å². The van der Waals surface area contributed by atoms with E-state index in [0.717, 1.165) is 55.0 Å². The molecular formula is C37H57N3O5. The quantitative estimate of drug-likeness (QED) is 0.242. The summed E-state index contributed by atoms with van der Waals surface area (Å²) in [6.45, 7) is 15.4. The van der Waals surface area contributed by atoms with Crippen molar-refractivity contribution in [1.82, 2.24) is 15.1 Å². The van der Waals surface area contributed by atoms with Crippen molar-refractivity contribution in [2.75, 3.05) is 62.2 Å². The van der Waals surface area contributed by atoms with Crippen LogP contribution in [0.4, 0.5) is 0 Å². The fourth-order valence-electron chi connectivity index (χ4n) is 6.64. The molecule has 0 bridgehead atoms. The van der Waals surface area contributed by atoms with E-state index in [0.29, 0.717) is 18.0 Å². The highest BCUT2D eigenvalue weighted by Crippen LogP contribution is 2.42. The molecule has 0 saturated carbocycles. The van der Waals surface area contributed by atoms with E-state index in [1.807, 2.05) is 12.1 Å². The van der Waals surface area contributed by atoms with Gasteiger partial charge in [-0.05, 0) is 109 Å². The fourth-order valence-corrected chi connectivity index (χ4v) is 6.64. The molecule has 2 aromatic carbocycles. The number of likely N-dealkylation sites (N-methyl/N-ethyl adjacent to an activating group) is 2. The summed E-state index contributed by atoms with van der Waals surface area (Å²) < 4.78 is 22.2. The summed E-state index contributed by atoms with van der Waals surface area (Å²) in [7, 11) is 10.9. The molecule has 2 aromatic rings. The van der Waals surface area contributed by atoms with Gasteiger partial charge in [0.2, 0.25) is 5.91 Å². The lowest BCUT2D eigenvalue weighted by Gasteiger charge is -2.40. The van der Waals surface area contributed by atoms with Gasteiger partial charge in [-0.25, -0.2) is 0 Å². The first kappa shape index (κ1) is 36.2. The predicted molar refractivity (Wildman–Crippen MR) is 183 cm³/mol. The summed E-state index contributed by atoms with van der Waals surface area (Å²) in [6, 6.07) is 12.3. The first-order valence-electron chi connectivity index (χ1n) is 16.0. The summed E-state index contributed by atoms with van der Waals surface area (Å²) in [4.78, 5) is 18.5. The summed E-state index contributed by atoms with van der Waals surface area (Å²) in [5.41, 5.74) is 2.28. The summed E-state index contributed by atoms with van der Waals surface area (Å²) >= 11 is 0. The minimum Gasteiger partial charge on any atom is -0.493 e. The number of carbonyl (C=O) groups excluding carboxylic acids is 1. The lowest BCUT2D eigenvalue weighted by Crippen LogP contribution is -2.50. The molecule has 0 saturated heterocycles. The number of hydrogen-bond acceptors (Lipinski definition) is 7. The van der Waals surface area contributed by atoms with Gasteiger partial charge in [-0.1, -0.05) is 32.1 Å². The average Bonchev–Trinajstić information content (AvgIpc) is 3.19. The van der Waals surface area contributed by atoms with E-state index in [-0.39, 0.29) is 28.3 Å². The van der Waals surface area contributed by atoms with Crippen LogP contribution in [0.15, 0.2) is 48.0 Å². The number of ether oxygens (including phenoxy) is 4. The number of benzene rings is 2. The second-order valence-electron chi connectivity index (χ2n) is 13.7. The van der Waals surface area contributed by atoms with Gasteiger partial charge in [-0.2, -0.15) is 0 Å². The molecule has 1 atom stereocenters. The van der Waals surface area contributed by atoms with Crippen molar-refractivity contribution in [1.29, 1.82) is 0 Å². The molecule has 1 aliphatic rings. The Kier molecular flexibility index (Phi) is 12.0. The maximum Gasteiger partial charge on any atom is 0.248 e. The van der Waals surface area contributed by atoms with Crippen LogP contribution < -0.4 is 24.3 Å². The Bertz CT molecular complexity index is 1340. The maximum atomic E-state index is 13.8. The van der Waals surface area contributed by atoms with E-state index in [1.165, 1.54) is 5.56 Å². The minimum absolute atomic E-state index is 0.00466. The third-order valence-electron chi connectivity index (χ3n) is 10.1. The number of amides is 1. The molecule has 1 amide bonds. The Hall–Kier alpha value is -3.23. The van der Waals surface area contributed by atoms with Crippen molar-refractivity contribution in [3.63, 3.8) is 0 Å². The SMILES string of the molecule is COc1ccc(CCN(C)CCCC(CNC(=O)C2=CC(C)(C)N(C)C2(C)C)(c2ccc(OC)c(OC)c2)C(C)C)cc1OC. The number of rotatable bonds is 16. The van der Waals surface area contributed by atoms with Crippen LogP contribution in [0.3, 0.4) is 0 Å². The smallest absolute Gasteiger partial charge is 0.248 e. The highest BCUT2D eigenvalue weighted by Gasteiger charge is 2.46. The van der Waals surface area contributed by atoms with Gasteiger partial charge in [0.05, 0.1) is 28.4 Å². The molecule has 3 rings (SSSR count). The molecule has 0 fully saturated rings. The van der Waals surface area contributed by atoms with E-state index in [9.17, 15) is 4.79 Å². The van der Waals surface area contributed by atoms with Crippen molar-refractivity contribution in [2.24, 2.45) is 5.92 Å². The first-order valence-corrected chi connectivity index (χ1v) is 16.0. The van der Waals surface area contributed by atoms with Crippen LogP contribution in [-0.2, 0) is 16.6 Å². The van der Waals surface area contributed by atoms with E-state index in [1.54, 1.807) is 28.4 Å². The van der Waals surface area contributed by atoms with Gasteiger partial charge in [0.25, 0.3) is 0 Å². The Labute approximate surface area is 272 Å². The highest BCUT2D eigenvalue weighted by atomic mass is 16.5. The van der Waals surface area contributed by atoms with Crippen molar-refractivity contribution in [3.8, 4) is 23.0 Å². The van der Waals surface area contributed by atoms with Gasteiger partial charge in [0, 0.05) is 35.2 Å². The standard InChI is InChI=1S/C37H57N3O5/c1-26(2)37(28-15-17-31(43-10)33(23-28)45-12,25-38-34(41)29-24-35(3,4)40(8)36(29,5)6)19-13-20-39(7)21-18-27-14-16-30(42-9)32(22-27)44-11/h14-17,22-24,26H,13,18-21,25H2,1-12H3,(H,38,41). The summed E-state index contributed by atoms with van der Waals surface area (Å²) in [5.74, 6) is 3.13. The van der Waals surface area contributed by atoms with E-state index in [4.69, 9.17) is 18.9 Å². The first-order chi connectivity index (χ1) is 21.2. The zero-order valence-corrected chi connectivity index (χ0v) is 29.8. The van der Waals surface area contributed by atoms with Gasteiger partial charge in [0.15, 0.2) is 23.0 Å². The molecule has 0 aliphatic carbocycles. The topological polar surface area (TPSA) is 72.5 Å². The molecule has 1 aliphatic heterocycles. The number of nitrogens with zero attached hydrogens (tertiary/aromatic N) is 2. The molecule has 250 valence electrons. The molecule has 0 spiro atoms. The van der Waals surface area contributed by atoms with E-state index in [2.05, 4.69) is 101 Å². The summed E-state index contributed by atoms with van der Waals surface area (Å²) in [6.07, 6.45) is 4.89. The molecule has 0 radical (unpaired) electrons. The monoisotopic (exact) mass is 623 g/mol. The molecule has 1 unspecified atom stereocenters. The van der Waals surface area contributed by atoms with Crippen LogP contribution in [0.5, 0.6) is 23.0 Å². The Morgan fingerprint density at radius 1 is 0.889 bits per heavy atom. The molecule has 45 heavy (non-hydrogen) atoms. The van der Waals surface area contributed by atoms with Crippen LogP contribution >= 0.6 is 0 Å². The Balaban J connectivity index is 1.81. The third-order valence-corrected chi connectivity index (χ3v) is 10.1. The zero-order chi connectivity index (χ0) is 33.6. The van der Waals surface area contributed by atoms with Crippen molar-refractivity contribution in [2.45, 2.75) is 77.3 Å². The maximum absolute atomic E-state index is 13.8. The Morgan fingerprint density at radius 3 is 2.00 bits per heavy atom. The lowest BCUT2D eigenvalue weighted by molar-refractivity contribution is -0.118. The van der Waals surface area contributed by atoms with Gasteiger partial charge in [0.1, 0.15) is 0 Å². The van der Waals surface area contributed by atoms with Crippen LogP contribution in [0, 0.1) is 5.92 Å². The normalized spacial score (nSPS) is 17.2. The van der Waals surface area contributed by atoms with E-state index >= 15 is 0 Å². The number of carbonyl (C=O) groups is 1. The Morgan fingerprint density at radius 2 is 1.47 bits per heavy atom. The third kappa shape index (κ3) is 7.95. The van der Waals surface area contributed by atoms with E-state index < -0.39 is 0 Å².